The minimum absolute atomic E-state index is 0.00391. The van der Waals surface area contributed by atoms with Gasteiger partial charge in [-0.3, -0.25) is 4.18 Å². The standard InChI is InChI=1S/C8H5ClF4O3S/c9-6-3-5(1-2-7(6)10)4-16-17(14,15)8(11,12)13/h1-3H,4H2. The van der Waals surface area contributed by atoms with E-state index in [1.54, 1.807) is 0 Å². The Morgan fingerprint density at radius 3 is 2.35 bits per heavy atom. The Hall–Kier alpha value is -0.860. The van der Waals surface area contributed by atoms with Crippen molar-refractivity contribution in [2.24, 2.45) is 0 Å². The normalized spacial score (nSPS) is 12.8. The summed E-state index contributed by atoms with van der Waals surface area (Å²) >= 11 is 5.35. The predicted molar refractivity (Wildman–Crippen MR) is 51.2 cm³/mol. The second-order valence-corrected chi connectivity index (χ2v) is 4.92. The van der Waals surface area contributed by atoms with Crippen LogP contribution < -0.4 is 0 Å². The lowest BCUT2D eigenvalue weighted by Gasteiger charge is -2.08. The van der Waals surface area contributed by atoms with Crippen LogP contribution in [0.4, 0.5) is 17.6 Å². The number of hydrogen-bond acceptors (Lipinski definition) is 3. The van der Waals surface area contributed by atoms with E-state index in [0.29, 0.717) is 0 Å². The molecule has 0 atom stereocenters. The summed E-state index contributed by atoms with van der Waals surface area (Å²) in [5.41, 5.74) is -5.49. The first-order valence-corrected chi connectivity index (χ1v) is 5.82. The molecule has 0 aliphatic carbocycles. The van der Waals surface area contributed by atoms with Crippen LogP contribution in [0.3, 0.4) is 0 Å². The van der Waals surface area contributed by atoms with Crippen molar-refractivity contribution >= 4 is 21.7 Å². The predicted octanol–water partition coefficient (Wildman–Crippen LogP) is 2.85. The zero-order chi connectivity index (χ0) is 13.3. The maximum absolute atomic E-state index is 12.7. The highest BCUT2D eigenvalue weighted by Gasteiger charge is 2.47. The first-order valence-electron chi connectivity index (χ1n) is 4.03. The molecule has 0 spiro atoms. The highest BCUT2D eigenvalue weighted by molar-refractivity contribution is 7.87. The molecule has 0 heterocycles. The van der Waals surface area contributed by atoms with Gasteiger partial charge >= 0.3 is 15.6 Å². The molecule has 96 valence electrons. The Kier molecular flexibility index (Phi) is 4.00. The van der Waals surface area contributed by atoms with E-state index in [-0.39, 0.29) is 10.6 Å². The highest BCUT2D eigenvalue weighted by atomic mass is 35.5. The molecule has 0 saturated carbocycles. The van der Waals surface area contributed by atoms with Gasteiger partial charge in [-0.05, 0) is 17.7 Å². The van der Waals surface area contributed by atoms with E-state index in [1.807, 2.05) is 0 Å². The van der Waals surface area contributed by atoms with Crippen molar-refractivity contribution < 1.29 is 30.2 Å². The fourth-order valence-electron chi connectivity index (χ4n) is 0.842. The van der Waals surface area contributed by atoms with Gasteiger partial charge < -0.3 is 0 Å². The average molecular weight is 293 g/mol. The molecule has 0 radical (unpaired) electrons. The third-order valence-electron chi connectivity index (χ3n) is 1.65. The molecule has 1 aromatic carbocycles. The highest BCUT2D eigenvalue weighted by Crippen LogP contribution is 2.26. The van der Waals surface area contributed by atoms with Crippen LogP contribution in [-0.4, -0.2) is 13.9 Å². The van der Waals surface area contributed by atoms with Gasteiger partial charge in [0.05, 0.1) is 11.6 Å². The third-order valence-corrected chi connectivity index (χ3v) is 2.93. The van der Waals surface area contributed by atoms with E-state index < -0.39 is 28.1 Å². The molecule has 17 heavy (non-hydrogen) atoms. The zero-order valence-electron chi connectivity index (χ0n) is 7.96. The Balaban J connectivity index is 2.78. The number of benzene rings is 1. The molecule has 0 aromatic heterocycles. The minimum Gasteiger partial charge on any atom is -0.258 e. The molecule has 0 saturated heterocycles. The Morgan fingerprint density at radius 1 is 1.29 bits per heavy atom. The second kappa shape index (κ2) is 4.79. The first kappa shape index (κ1) is 14.2. The van der Waals surface area contributed by atoms with Gasteiger partial charge in [-0.15, -0.1) is 0 Å². The van der Waals surface area contributed by atoms with Crippen molar-refractivity contribution in [1.29, 1.82) is 0 Å². The molecule has 0 aliphatic rings. The summed E-state index contributed by atoms with van der Waals surface area (Å²) in [4.78, 5) is 0. The molecule has 0 N–H and O–H groups in total. The number of rotatable bonds is 3. The molecule has 0 aliphatic heterocycles. The van der Waals surface area contributed by atoms with Gasteiger partial charge in [0.2, 0.25) is 0 Å². The van der Waals surface area contributed by atoms with Crippen molar-refractivity contribution in [2.75, 3.05) is 0 Å². The summed E-state index contributed by atoms with van der Waals surface area (Å²) in [5, 5.41) is -0.337. The quantitative estimate of drug-likeness (QED) is 0.489. The van der Waals surface area contributed by atoms with Crippen LogP contribution in [0.15, 0.2) is 18.2 Å². The first-order chi connectivity index (χ1) is 7.63. The maximum Gasteiger partial charge on any atom is 0.523 e. The van der Waals surface area contributed by atoms with Crippen LogP contribution in [0.25, 0.3) is 0 Å². The summed E-state index contributed by atoms with van der Waals surface area (Å²) in [6, 6.07) is 2.93. The summed E-state index contributed by atoms with van der Waals surface area (Å²) in [7, 11) is -5.66. The van der Waals surface area contributed by atoms with Gasteiger partial charge in [0.15, 0.2) is 0 Å². The van der Waals surface area contributed by atoms with Gasteiger partial charge in [-0.25, -0.2) is 4.39 Å². The van der Waals surface area contributed by atoms with Gasteiger partial charge in [0.1, 0.15) is 5.82 Å². The van der Waals surface area contributed by atoms with Crippen molar-refractivity contribution in [3.63, 3.8) is 0 Å². The molecule has 3 nitrogen and oxygen atoms in total. The summed E-state index contributed by atoms with van der Waals surface area (Å²) in [6.07, 6.45) is 0. The van der Waals surface area contributed by atoms with Crippen LogP contribution in [0.2, 0.25) is 5.02 Å². The SMILES string of the molecule is O=S(=O)(OCc1ccc(F)c(Cl)c1)C(F)(F)F. The van der Waals surface area contributed by atoms with Gasteiger partial charge in [-0.2, -0.15) is 21.6 Å². The molecule has 1 rings (SSSR count). The molecule has 1 aromatic rings. The largest absolute Gasteiger partial charge is 0.523 e. The molecule has 0 fully saturated rings. The molecule has 0 amide bonds. The van der Waals surface area contributed by atoms with Crippen LogP contribution in [-0.2, 0) is 20.9 Å². The van der Waals surface area contributed by atoms with Crippen molar-refractivity contribution in [1.82, 2.24) is 0 Å². The average Bonchev–Trinajstić information content (AvgIpc) is 2.18. The zero-order valence-corrected chi connectivity index (χ0v) is 9.53. The number of alkyl halides is 3. The lowest BCUT2D eigenvalue weighted by molar-refractivity contribution is -0.0547. The monoisotopic (exact) mass is 292 g/mol. The van der Waals surface area contributed by atoms with Crippen molar-refractivity contribution in [2.45, 2.75) is 12.1 Å². The lowest BCUT2D eigenvalue weighted by Crippen LogP contribution is -2.25. The van der Waals surface area contributed by atoms with Gasteiger partial charge in [0.25, 0.3) is 0 Å². The molecular formula is C8H5ClF4O3S. The van der Waals surface area contributed by atoms with Gasteiger partial charge in [0, 0.05) is 0 Å². The van der Waals surface area contributed by atoms with Crippen LogP contribution >= 0.6 is 11.6 Å². The maximum atomic E-state index is 12.7. The summed E-state index contributed by atoms with van der Waals surface area (Å²) < 4.78 is 73.1. The van der Waals surface area contributed by atoms with E-state index in [1.165, 1.54) is 0 Å². The molecule has 9 heteroatoms. The fourth-order valence-corrected chi connectivity index (χ4v) is 1.47. The van der Waals surface area contributed by atoms with Crippen molar-refractivity contribution in [3.8, 4) is 0 Å². The van der Waals surface area contributed by atoms with Crippen LogP contribution in [0.5, 0.6) is 0 Å². The van der Waals surface area contributed by atoms with Gasteiger partial charge in [-0.1, -0.05) is 17.7 Å². The van der Waals surface area contributed by atoms with Crippen LogP contribution in [0.1, 0.15) is 5.56 Å². The smallest absolute Gasteiger partial charge is 0.258 e. The topological polar surface area (TPSA) is 43.4 Å². The Labute approximate surface area is 99.1 Å². The Bertz CT molecular complexity index is 512. The number of halogens is 5. The summed E-state index contributed by atoms with van der Waals surface area (Å²) in [6.45, 7) is -0.873. The summed E-state index contributed by atoms with van der Waals surface area (Å²) in [5.74, 6) is -0.769. The molecular weight excluding hydrogens is 288 g/mol. The van der Waals surface area contributed by atoms with Crippen molar-refractivity contribution in [3.05, 3.63) is 34.6 Å². The fraction of sp³-hybridized carbons (Fsp3) is 0.250. The van der Waals surface area contributed by atoms with E-state index >= 15 is 0 Å². The lowest BCUT2D eigenvalue weighted by atomic mass is 10.2. The Morgan fingerprint density at radius 2 is 1.88 bits per heavy atom. The van der Waals surface area contributed by atoms with E-state index in [9.17, 15) is 26.0 Å². The van der Waals surface area contributed by atoms with E-state index in [2.05, 4.69) is 4.18 Å². The molecule has 0 unspecified atom stereocenters. The van der Waals surface area contributed by atoms with E-state index in [0.717, 1.165) is 18.2 Å². The molecule has 0 bridgehead atoms. The van der Waals surface area contributed by atoms with Crippen LogP contribution in [0, 0.1) is 5.82 Å². The minimum atomic E-state index is -5.66. The second-order valence-electron chi connectivity index (χ2n) is 2.91. The third kappa shape index (κ3) is 3.55. The van der Waals surface area contributed by atoms with E-state index in [4.69, 9.17) is 11.6 Å². The number of hydrogen-bond donors (Lipinski definition) is 0.